The molecule has 0 spiro atoms. The first-order valence-electron chi connectivity index (χ1n) is 5.40. The van der Waals surface area contributed by atoms with E-state index in [0.717, 1.165) is 0 Å². The second kappa shape index (κ2) is 4.62. The van der Waals surface area contributed by atoms with Crippen molar-refractivity contribution in [2.45, 2.75) is 59.9 Å². The van der Waals surface area contributed by atoms with Crippen molar-refractivity contribution >= 4 is 5.78 Å². The summed E-state index contributed by atoms with van der Waals surface area (Å²) >= 11 is 0. The first kappa shape index (κ1) is 14.6. The van der Waals surface area contributed by atoms with Crippen LogP contribution in [0.1, 0.15) is 48.5 Å². The molecular weight excluding hydrogens is 192 g/mol. The molecule has 3 heteroatoms. The second-order valence-electron chi connectivity index (χ2n) is 5.60. The molecule has 0 saturated carbocycles. The molecule has 1 N–H and O–H groups in total. The largest absolute Gasteiger partial charge is 0.365 e. The molecule has 2 unspecified atom stereocenters. The fourth-order valence-corrected chi connectivity index (χ4v) is 2.15. The van der Waals surface area contributed by atoms with Gasteiger partial charge < -0.3 is 9.84 Å². The lowest BCUT2D eigenvalue weighted by atomic mass is 9.85. The van der Waals surface area contributed by atoms with Crippen LogP contribution >= 0.6 is 0 Å². The summed E-state index contributed by atoms with van der Waals surface area (Å²) in [6.07, 6.45) is 0. The average molecular weight is 216 g/mol. The van der Waals surface area contributed by atoms with E-state index in [-0.39, 0.29) is 11.7 Å². The first-order valence-corrected chi connectivity index (χ1v) is 5.40. The van der Waals surface area contributed by atoms with E-state index < -0.39 is 17.3 Å². The van der Waals surface area contributed by atoms with Crippen LogP contribution in [0.5, 0.6) is 0 Å². The molecule has 0 fully saturated rings. The monoisotopic (exact) mass is 216 g/mol. The maximum atomic E-state index is 11.5. The van der Waals surface area contributed by atoms with Gasteiger partial charge in [-0.3, -0.25) is 4.79 Å². The normalized spacial score (nSPS) is 18.7. The number of aliphatic hydroxyl groups is 1. The van der Waals surface area contributed by atoms with Gasteiger partial charge in [0.1, 0.15) is 5.78 Å². The van der Waals surface area contributed by atoms with Gasteiger partial charge in [-0.1, -0.05) is 13.8 Å². The van der Waals surface area contributed by atoms with Crippen LogP contribution in [-0.4, -0.2) is 22.3 Å². The van der Waals surface area contributed by atoms with Crippen molar-refractivity contribution in [1.82, 2.24) is 0 Å². The van der Waals surface area contributed by atoms with Crippen LogP contribution in [0.25, 0.3) is 0 Å². The maximum Gasteiger partial charge on any atom is 0.173 e. The van der Waals surface area contributed by atoms with E-state index >= 15 is 0 Å². The molecule has 0 aromatic heterocycles. The van der Waals surface area contributed by atoms with Crippen molar-refractivity contribution in [3.8, 4) is 0 Å². The van der Waals surface area contributed by atoms with Crippen molar-refractivity contribution in [2.75, 3.05) is 0 Å². The number of ketones is 1. The Morgan fingerprint density at radius 3 is 1.80 bits per heavy atom. The van der Waals surface area contributed by atoms with E-state index in [1.165, 1.54) is 6.92 Å². The lowest BCUT2D eigenvalue weighted by molar-refractivity contribution is -0.269. The van der Waals surface area contributed by atoms with Crippen molar-refractivity contribution in [1.29, 1.82) is 0 Å². The highest BCUT2D eigenvalue weighted by Crippen LogP contribution is 2.30. The van der Waals surface area contributed by atoms with Gasteiger partial charge in [-0.05, 0) is 40.5 Å². The topological polar surface area (TPSA) is 46.5 Å². The Labute approximate surface area is 92.8 Å². The quantitative estimate of drug-likeness (QED) is 0.734. The predicted molar refractivity (Wildman–Crippen MR) is 60.5 cm³/mol. The van der Waals surface area contributed by atoms with Crippen LogP contribution in [-0.2, 0) is 9.53 Å². The minimum absolute atomic E-state index is 0.0424. The number of Topliss-reactive ketones (excluding diaryl/α,β-unsaturated/α-hetero) is 1. The summed E-state index contributed by atoms with van der Waals surface area (Å²) < 4.78 is 5.54. The van der Waals surface area contributed by atoms with Crippen molar-refractivity contribution in [3.05, 3.63) is 0 Å². The molecule has 0 aliphatic heterocycles. The molecule has 90 valence electrons. The Balaban J connectivity index is 4.88. The van der Waals surface area contributed by atoms with E-state index in [1.807, 2.05) is 34.6 Å². The standard InChI is InChI=1S/C12H24O3/c1-8(2)10(9(3)13)12(7,14)15-11(4,5)6/h8,10,14H,1-7H3. The fourth-order valence-electron chi connectivity index (χ4n) is 2.15. The highest BCUT2D eigenvalue weighted by molar-refractivity contribution is 5.79. The zero-order valence-electron chi connectivity index (χ0n) is 10.9. The molecule has 0 radical (unpaired) electrons. The van der Waals surface area contributed by atoms with Crippen molar-refractivity contribution < 1.29 is 14.6 Å². The highest BCUT2D eigenvalue weighted by Gasteiger charge is 2.41. The van der Waals surface area contributed by atoms with Gasteiger partial charge in [0, 0.05) is 0 Å². The van der Waals surface area contributed by atoms with E-state index in [2.05, 4.69) is 0 Å². The molecule has 0 saturated heterocycles. The van der Waals surface area contributed by atoms with Crippen molar-refractivity contribution in [2.24, 2.45) is 11.8 Å². The van der Waals surface area contributed by atoms with Gasteiger partial charge in [-0.2, -0.15) is 0 Å². The van der Waals surface area contributed by atoms with Gasteiger partial charge in [-0.15, -0.1) is 0 Å². The van der Waals surface area contributed by atoms with Crippen LogP contribution in [0, 0.1) is 11.8 Å². The summed E-state index contributed by atoms with van der Waals surface area (Å²) in [6, 6.07) is 0. The van der Waals surface area contributed by atoms with Crippen LogP contribution in [0.15, 0.2) is 0 Å². The van der Waals surface area contributed by atoms with Gasteiger partial charge in [0.25, 0.3) is 0 Å². The number of rotatable bonds is 4. The third-order valence-electron chi connectivity index (χ3n) is 2.19. The minimum Gasteiger partial charge on any atom is -0.365 e. The smallest absolute Gasteiger partial charge is 0.173 e. The Kier molecular flexibility index (Phi) is 4.49. The molecule has 0 aliphatic rings. The minimum atomic E-state index is -1.40. The Morgan fingerprint density at radius 2 is 1.60 bits per heavy atom. The number of carbonyl (C=O) groups excluding carboxylic acids is 1. The third-order valence-corrected chi connectivity index (χ3v) is 2.19. The van der Waals surface area contributed by atoms with E-state index in [1.54, 1.807) is 6.92 Å². The summed E-state index contributed by atoms with van der Waals surface area (Å²) in [5.74, 6) is -1.88. The molecule has 0 bridgehead atoms. The summed E-state index contributed by atoms with van der Waals surface area (Å²) in [4.78, 5) is 11.5. The Morgan fingerprint density at radius 1 is 1.20 bits per heavy atom. The number of carbonyl (C=O) groups is 1. The molecule has 0 amide bonds. The van der Waals surface area contributed by atoms with Crippen molar-refractivity contribution in [3.63, 3.8) is 0 Å². The molecule has 3 nitrogen and oxygen atoms in total. The predicted octanol–water partition coefficient (Wildman–Crippen LogP) is 2.37. The molecule has 15 heavy (non-hydrogen) atoms. The molecule has 0 aromatic carbocycles. The van der Waals surface area contributed by atoms with E-state index in [4.69, 9.17) is 4.74 Å². The van der Waals surface area contributed by atoms with Gasteiger partial charge in [-0.25, -0.2) is 0 Å². The molecular formula is C12H24O3. The molecule has 2 atom stereocenters. The third kappa shape index (κ3) is 4.76. The lowest BCUT2D eigenvalue weighted by Crippen LogP contribution is -2.48. The zero-order valence-corrected chi connectivity index (χ0v) is 10.9. The number of hydrogen-bond acceptors (Lipinski definition) is 3. The Bertz CT molecular complexity index is 224. The Hall–Kier alpha value is -0.410. The zero-order chi connectivity index (χ0) is 12.4. The average Bonchev–Trinajstić information content (AvgIpc) is 1.74. The van der Waals surface area contributed by atoms with Gasteiger partial charge in [0.15, 0.2) is 5.79 Å². The number of ether oxygens (including phenoxy) is 1. The molecule has 0 heterocycles. The van der Waals surface area contributed by atoms with Crippen LogP contribution in [0.3, 0.4) is 0 Å². The maximum absolute atomic E-state index is 11.5. The van der Waals surface area contributed by atoms with E-state index in [0.29, 0.717) is 0 Å². The van der Waals surface area contributed by atoms with Gasteiger partial charge in [0.05, 0.1) is 11.5 Å². The van der Waals surface area contributed by atoms with Crippen LogP contribution in [0.4, 0.5) is 0 Å². The summed E-state index contributed by atoms with van der Waals surface area (Å²) in [5.41, 5.74) is -0.466. The summed E-state index contributed by atoms with van der Waals surface area (Å²) in [5, 5.41) is 10.2. The molecule has 0 aliphatic carbocycles. The lowest BCUT2D eigenvalue weighted by Gasteiger charge is -2.38. The SMILES string of the molecule is CC(=O)C(C(C)C)C(C)(O)OC(C)(C)C. The summed E-state index contributed by atoms with van der Waals surface area (Å²) in [6.45, 7) is 12.4. The van der Waals surface area contributed by atoms with E-state index in [9.17, 15) is 9.90 Å². The van der Waals surface area contributed by atoms with Gasteiger partial charge in [0.2, 0.25) is 0 Å². The highest BCUT2D eigenvalue weighted by atomic mass is 16.6. The molecule has 0 rings (SSSR count). The fraction of sp³-hybridized carbons (Fsp3) is 0.917. The van der Waals surface area contributed by atoms with Crippen LogP contribution in [0.2, 0.25) is 0 Å². The first-order chi connectivity index (χ1) is 6.47. The summed E-state index contributed by atoms with van der Waals surface area (Å²) in [7, 11) is 0. The van der Waals surface area contributed by atoms with Gasteiger partial charge >= 0.3 is 0 Å². The number of hydrogen-bond donors (Lipinski definition) is 1. The van der Waals surface area contributed by atoms with Crippen LogP contribution < -0.4 is 0 Å². The molecule has 0 aromatic rings. The second-order valence-corrected chi connectivity index (χ2v) is 5.60.